The molecule has 0 radical (unpaired) electrons. The SMILES string of the molecule is CO[Si](CCCC1CN1CCC[Si](OC)(OC)OC)(OC)OC. The second kappa shape index (κ2) is 10.2. The lowest BCUT2D eigenvalue weighted by Gasteiger charge is -2.24. The van der Waals surface area contributed by atoms with Gasteiger partial charge >= 0.3 is 17.6 Å². The third-order valence-electron chi connectivity index (χ3n) is 4.64. The first-order valence-corrected chi connectivity index (χ1v) is 12.0. The van der Waals surface area contributed by atoms with E-state index in [2.05, 4.69) is 4.90 Å². The molecule has 1 aliphatic heterocycles. The summed E-state index contributed by atoms with van der Waals surface area (Å²) in [5.41, 5.74) is 0. The molecule has 1 saturated heterocycles. The maximum absolute atomic E-state index is 5.45. The Morgan fingerprint density at radius 3 is 1.61 bits per heavy atom. The van der Waals surface area contributed by atoms with Gasteiger partial charge in [0.2, 0.25) is 0 Å². The van der Waals surface area contributed by atoms with Crippen LogP contribution in [0, 0.1) is 0 Å². The van der Waals surface area contributed by atoms with E-state index in [0.29, 0.717) is 6.04 Å². The molecule has 0 bridgehead atoms. The van der Waals surface area contributed by atoms with Crippen LogP contribution in [-0.2, 0) is 26.6 Å². The third kappa shape index (κ3) is 6.18. The molecule has 0 aromatic heterocycles. The van der Waals surface area contributed by atoms with Gasteiger partial charge in [-0.2, -0.15) is 0 Å². The number of hydrogen-bond donors (Lipinski definition) is 0. The van der Waals surface area contributed by atoms with Gasteiger partial charge < -0.3 is 26.6 Å². The minimum atomic E-state index is -2.41. The van der Waals surface area contributed by atoms with E-state index in [1.165, 1.54) is 6.54 Å². The highest BCUT2D eigenvalue weighted by Gasteiger charge is 2.41. The van der Waals surface area contributed by atoms with Crippen LogP contribution in [0.3, 0.4) is 0 Å². The van der Waals surface area contributed by atoms with E-state index < -0.39 is 17.6 Å². The summed E-state index contributed by atoms with van der Waals surface area (Å²) in [5, 5.41) is 0. The maximum atomic E-state index is 5.45. The van der Waals surface area contributed by atoms with Gasteiger partial charge in [-0.1, -0.05) is 0 Å². The van der Waals surface area contributed by atoms with Gasteiger partial charge in [0.1, 0.15) is 0 Å². The van der Waals surface area contributed by atoms with Crippen LogP contribution in [0.1, 0.15) is 19.3 Å². The summed E-state index contributed by atoms with van der Waals surface area (Å²) in [4.78, 5) is 2.48. The summed E-state index contributed by atoms with van der Waals surface area (Å²) in [6, 6.07) is 2.40. The Kier molecular flexibility index (Phi) is 9.41. The van der Waals surface area contributed by atoms with Crippen LogP contribution < -0.4 is 0 Å². The van der Waals surface area contributed by atoms with E-state index in [-0.39, 0.29) is 0 Å². The minimum absolute atomic E-state index is 0.677. The lowest BCUT2D eigenvalue weighted by atomic mass is 10.3. The Hall–Kier alpha value is 0.154. The molecule has 0 saturated carbocycles. The average Bonchev–Trinajstić information content (AvgIpc) is 3.35. The Labute approximate surface area is 142 Å². The Balaban J connectivity index is 2.18. The van der Waals surface area contributed by atoms with E-state index in [9.17, 15) is 0 Å². The molecule has 2 atom stereocenters. The molecule has 1 rings (SSSR count). The normalized spacial score (nSPS) is 21.7. The zero-order valence-corrected chi connectivity index (χ0v) is 17.4. The monoisotopic (exact) mass is 367 g/mol. The second-order valence-electron chi connectivity index (χ2n) is 5.74. The Morgan fingerprint density at radius 2 is 1.17 bits per heavy atom. The first-order valence-electron chi connectivity index (χ1n) is 8.09. The van der Waals surface area contributed by atoms with Crippen LogP contribution in [0.5, 0.6) is 0 Å². The first-order chi connectivity index (χ1) is 11.0. The van der Waals surface area contributed by atoms with Crippen molar-refractivity contribution < 1.29 is 26.6 Å². The highest BCUT2D eigenvalue weighted by atomic mass is 28.4. The van der Waals surface area contributed by atoms with Crippen molar-refractivity contribution >= 4 is 17.6 Å². The van der Waals surface area contributed by atoms with Crippen molar-refractivity contribution in [1.29, 1.82) is 0 Å². The van der Waals surface area contributed by atoms with Gasteiger partial charge in [0.15, 0.2) is 0 Å². The first kappa shape index (κ1) is 21.2. The van der Waals surface area contributed by atoms with Crippen molar-refractivity contribution in [3.8, 4) is 0 Å². The van der Waals surface area contributed by atoms with Crippen molar-refractivity contribution in [2.24, 2.45) is 0 Å². The molecule has 0 amide bonds. The molecule has 138 valence electrons. The quantitative estimate of drug-likeness (QED) is 0.341. The van der Waals surface area contributed by atoms with Gasteiger partial charge in [-0.15, -0.1) is 0 Å². The van der Waals surface area contributed by atoms with E-state index in [0.717, 1.165) is 37.9 Å². The number of rotatable bonds is 14. The highest BCUT2D eigenvalue weighted by Crippen LogP contribution is 2.27. The number of hydrogen-bond acceptors (Lipinski definition) is 7. The van der Waals surface area contributed by atoms with Crippen molar-refractivity contribution in [3.05, 3.63) is 0 Å². The highest BCUT2D eigenvalue weighted by molar-refractivity contribution is 6.60. The van der Waals surface area contributed by atoms with Crippen molar-refractivity contribution in [2.75, 3.05) is 55.7 Å². The van der Waals surface area contributed by atoms with Crippen molar-refractivity contribution in [3.63, 3.8) is 0 Å². The molecule has 9 heteroatoms. The molecule has 1 heterocycles. The second-order valence-corrected chi connectivity index (χ2v) is 11.9. The lowest BCUT2D eigenvalue weighted by molar-refractivity contribution is 0.121. The molecule has 1 aliphatic rings. The van der Waals surface area contributed by atoms with E-state index in [1.54, 1.807) is 42.7 Å². The van der Waals surface area contributed by atoms with Gasteiger partial charge in [0.05, 0.1) is 0 Å². The third-order valence-corrected chi connectivity index (χ3v) is 10.3. The van der Waals surface area contributed by atoms with Crippen molar-refractivity contribution in [2.45, 2.75) is 37.4 Å². The summed E-state index contributed by atoms with van der Waals surface area (Å²) in [7, 11) is 5.17. The Bertz CT molecular complexity index is 282. The molecule has 0 aromatic rings. The fraction of sp³-hybridized carbons (Fsp3) is 1.00. The molecule has 0 spiro atoms. The van der Waals surface area contributed by atoms with Crippen LogP contribution in [0.15, 0.2) is 0 Å². The molecule has 23 heavy (non-hydrogen) atoms. The smallest absolute Gasteiger partial charge is 0.377 e. The maximum Gasteiger partial charge on any atom is 0.500 e. The van der Waals surface area contributed by atoms with E-state index >= 15 is 0 Å². The van der Waals surface area contributed by atoms with Gasteiger partial charge in [-0.3, -0.25) is 4.90 Å². The Morgan fingerprint density at radius 1 is 0.739 bits per heavy atom. The molecular weight excluding hydrogens is 334 g/mol. The molecular formula is C14H33NO6Si2. The van der Waals surface area contributed by atoms with Crippen LogP contribution >= 0.6 is 0 Å². The topological polar surface area (TPSA) is 58.4 Å². The minimum Gasteiger partial charge on any atom is -0.377 e. The fourth-order valence-electron chi connectivity index (χ4n) is 2.94. The van der Waals surface area contributed by atoms with Crippen LogP contribution in [0.4, 0.5) is 0 Å². The summed E-state index contributed by atoms with van der Waals surface area (Å²) in [5.74, 6) is 0. The van der Waals surface area contributed by atoms with Gasteiger partial charge in [0.25, 0.3) is 0 Å². The summed E-state index contributed by atoms with van der Waals surface area (Å²) in [6.45, 7) is 2.24. The lowest BCUT2D eigenvalue weighted by Crippen LogP contribution is -2.43. The molecule has 0 aliphatic carbocycles. The fourth-order valence-corrected chi connectivity index (χ4v) is 6.39. The zero-order valence-electron chi connectivity index (χ0n) is 15.4. The van der Waals surface area contributed by atoms with E-state index in [1.807, 2.05) is 0 Å². The van der Waals surface area contributed by atoms with Crippen LogP contribution in [0.2, 0.25) is 12.1 Å². The standard InChI is InChI=1S/C14H33NO6Si2/c1-16-22(17-2,18-3)11-7-9-14-13-15(14)10-8-12-23(19-4,20-5)21-6/h14H,7-13H2,1-6H3. The summed E-state index contributed by atoms with van der Waals surface area (Å²) < 4.78 is 32.7. The van der Waals surface area contributed by atoms with E-state index in [4.69, 9.17) is 26.6 Å². The predicted molar refractivity (Wildman–Crippen MR) is 92.4 cm³/mol. The molecule has 7 nitrogen and oxygen atoms in total. The number of nitrogens with zero attached hydrogens (tertiary/aromatic N) is 1. The summed E-state index contributed by atoms with van der Waals surface area (Å²) >= 11 is 0. The summed E-state index contributed by atoms with van der Waals surface area (Å²) in [6.07, 6.45) is 3.26. The molecule has 2 unspecified atom stereocenters. The molecule has 1 fully saturated rings. The largest absolute Gasteiger partial charge is 0.500 e. The van der Waals surface area contributed by atoms with Crippen LogP contribution in [-0.4, -0.2) is 84.3 Å². The van der Waals surface area contributed by atoms with Crippen molar-refractivity contribution in [1.82, 2.24) is 4.90 Å². The molecule has 0 aromatic carbocycles. The molecule has 0 N–H and O–H groups in total. The zero-order chi connectivity index (χ0) is 17.3. The van der Waals surface area contributed by atoms with Gasteiger partial charge in [0, 0.05) is 67.3 Å². The van der Waals surface area contributed by atoms with Crippen LogP contribution in [0.25, 0.3) is 0 Å². The average molecular weight is 368 g/mol. The van der Waals surface area contributed by atoms with Gasteiger partial charge in [-0.05, 0) is 25.8 Å². The van der Waals surface area contributed by atoms with Gasteiger partial charge in [-0.25, -0.2) is 0 Å². The predicted octanol–water partition coefficient (Wildman–Crippen LogP) is 1.60.